The summed E-state index contributed by atoms with van der Waals surface area (Å²) in [5, 5.41) is 3.04. The first-order valence-electron chi connectivity index (χ1n) is 7.89. The van der Waals surface area contributed by atoms with Crippen LogP contribution in [-0.4, -0.2) is 24.6 Å². The Labute approximate surface area is 146 Å². The van der Waals surface area contributed by atoms with Crippen LogP contribution in [0.1, 0.15) is 24.2 Å². The van der Waals surface area contributed by atoms with E-state index in [9.17, 15) is 13.2 Å². The summed E-state index contributed by atoms with van der Waals surface area (Å²) in [5.41, 5.74) is 0.870. The van der Waals surface area contributed by atoms with Gasteiger partial charge in [0, 0.05) is 5.39 Å². The van der Waals surface area contributed by atoms with Crippen LogP contribution in [0.3, 0.4) is 0 Å². The molecule has 5 nitrogen and oxygen atoms in total. The van der Waals surface area contributed by atoms with Crippen LogP contribution in [-0.2, 0) is 9.84 Å². The lowest BCUT2D eigenvalue weighted by Gasteiger charge is -2.13. The van der Waals surface area contributed by atoms with Gasteiger partial charge in [-0.3, -0.25) is 4.79 Å². The molecular weight excluding hydrogens is 336 g/mol. The lowest BCUT2D eigenvalue weighted by atomic mass is 10.2. The molecule has 3 rings (SSSR count). The Morgan fingerprint density at radius 3 is 2.40 bits per heavy atom. The van der Waals surface area contributed by atoms with Gasteiger partial charge in [0.15, 0.2) is 9.84 Å². The minimum Gasteiger partial charge on any atom is -0.307 e. The molecule has 0 unspecified atom stereocenters. The Balaban J connectivity index is 1.96. The van der Waals surface area contributed by atoms with Gasteiger partial charge in [0.2, 0.25) is 0 Å². The third kappa shape index (κ3) is 3.39. The second-order valence-electron chi connectivity index (χ2n) is 5.93. The summed E-state index contributed by atoms with van der Waals surface area (Å²) in [6.07, 6.45) is 0. The van der Waals surface area contributed by atoms with Crippen LogP contribution >= 0.6 is 0 Å². The quantitative estimate of drug-likeness (QED) is 0.775. The molecule has 1 heterocycles. The molecule has 25 heavy (non-hydrogen) atoms. The Bertz CT molecular complexity index is 1040. The molecule has 2 aromatic carbocycles. The number of aromatic nitrogens is 1. The summed E-state index contributed by atoms with van der Waals surface area (Å²) in [4.78, 5) is 17.0. The van der Waals surface area contributed by atoms with E-state index in [2.05, 4.69) is 10.3 Å². The fraction of sp³-hybridized carbons (Fsp3) is 0.158. The summed E-state index contributed by atoms with van der Waals surface area (Å²) >= 11 is 0. The molecule has 1 N–H and O–H groups in total. The number of para-hydroxylation sites is 1. The Morgan fingerprint density at radius 2 is 1.64 bits per heavy atom. The smallest absolute Gasteiger partial charge is 0.258 e. The molecule has 1 amide bonds. The summed E-state index contributed by atoms with van der Waals surface area (Å²) in [5.74, 6) is -0.122. The number of fused-ring (bicyclic) bond motifs is 1. The average molecular weight is 354 g/mol. The van der Waals surface area contributed by atoms with E-state index in [0.29, 0.717) is 5.82 Å². The molecule has 0 aliphatic carbocycles. The number of hydrogen-bond acceptors (Lipinski definition) is 4. The van der Waals surface area contributed by atoms with Crippen LogP contribution in [0.25, 0.3) is 10.9 Å². The number of nitrogens with zero attached hydrogens (tertiary/aromatic N) is 1. The van der Waals surface area contributed by atoms with Crippen molar-refractivity contribution in [2.45, 2.75) is 24.0 Å². The molecule has 128 valence electrons. The first-order valence-corrected chi connectivity index (χ1v) is 9.44. The van der Waals surface area contributed by atoms with E-state index in [1.165, 1.54) is 12.1 Å². The van der Waals surface area contributed by atoms with Crippen molar-refractivity contribution >= 4 is 32.5 Å². The summed E-state index contributed by atoms with van der Waals surface area (Å²) < 4.78 is 25.0. The minimum atomic E-state index is -3.56. The zero-order chi connectivity index (χ0) is 18.0. The van der Waals surface area contributed by atoms with E-state index in [1.54, 1.807) is 32.0 Å². The lowest BCUT2D eigenvalue weighted by molar-refractivity contribution is 0.102. The van der Waals surface area contributed by atoms with Gasteiger partial charge in [-0.15, -0.1) is 0 Å². The van der Waals surface area contributed by atoms with Crippen LogP contribution < -0.4 is 5.32 Å². The van der Waals surface area contributed by atoms with Gasteiger partial charge < -0.3 is 5.32 Å². The predicted molar refractivity (Wildman–Crippen MR) is 98.5 cm³/mol. The van der Waals surface area contributed by atoms with Crippen LogP contribution in [0.2, 0.25) is 0 Å². The largest absolute Gasteiger partial charge is 0.307 e. The van der Waals surface area contributed by atoms with Gasteiger partial charge in [-0.05, 0) is 44.2 Å². The van der Waals surface area contributed by atoms with Crippen LogP contribution in [0.15, 0.2) is 65.6 Å². The van der Waals surface area contributed by atoms with Crippen LogP contribution in [0.5, 0.6) is 0 Å². The maximum absolute atomic E-state index is 12.6. The van der Waals surface area contributed by atoms with Gasteiger partial charge in [-0.2, -0.15) is 0 Å². The molecule has 6 heteroatoms. The van der Waals surface area contributed by atoms with Gasteiger partial charge in [-0.1, -0.05) is 30.3 Å². The van der Waals surface area contributed by atoms with E-state index >= 15 is 0 Å². The van der Waals surface area contributed by atoms with E-state index < -0.39 is 21.0 Å². The molecule has 3 aromatic rings. The van der Waals surface area contributed by atoms with Crippen molar-refractivity contribution in [3.8, 4) is 0 Å². The number of amides is 1. The van der Waals surface area contributed by atoms with E-state index in [4.69, 9.17) is 0 Å². The fourth-order valence-corrected chi connectivity index (χ4v) is 3.72. The zero-order valence-electron chi connectivity index (χ0n) is 13.9. The molecule has 0 bridgehead atoms. The minimum absolute atomic E-state index is 0.0308. The molecule has 0 aliphatic rings. The van der Waals surface area contributed by atoms with Crippen molar-refractivity contribution in [1.29, 1.82) is 0 Å². The summed E-state index contributed by atoms with van der Waals surface area (Å²) in [7, 11) is -3.56. The fourth-order valence-electron chi connectivity index (χ4n) is 2.48. The molecule has 0 fully saturated rings. The van der Waals surface area contributed by atoms with Gasteiger partial charge in [-0.25, -0.2) is 13.4 Å². The van der Waals surface area contributed by atoms with Crippen molar-refractivity contribution in [2.24, 2.45) is 0 Å². The van der Waals surface area contributed by atoms with Gasteiger partial charge >= 0.3 is 0 Å². The molecule has 0 spiro atoms. The maximum atomic E-state index is 12.6. The van der Waals surface area contributed by atoms with E-state index in [1.807, 2.05) is 30.3 Å². The number of benzene rings is 2. The zero-order valence-corrected chi connectivity index (χ0v) is 14.7. The Hall–Kier alpha value is -2.73. The second-order valence-corrected chi connectivity index (χ2v) is 8.41. The summed E-state index contributed by atoms with van der Waals surface area (Å²) in [6.45, 7) is 3.18. The highest BCUT2D eigenvalue weighted by atomic mass is 32.2. The highest BCUT2D eigenvalue weighted by molar-refractivity contribution is 7.92. The lowest BCUT2D eigenvalue weighted by Crippen LogP contribution is -2.21. The number of rotatable bonds is 4. The van der Waals surface area contributed by atoms with Crippen LogP contribution in [0, 0.1) is 0 Å². The normalized spacial score (nSPS) is 11.6. The number of nitrogens with one attached hydrogen (secondary N) is 1. The topological polar surface area (TPSA) is 76.1 Å². The van der Waals surface area contributed by atoms with Crippen molar-refractivity contribution in [2.75, 3.05) is 5.32 Å². The highest BCUT2D eigenvalue weighted by Gasteiger charge is 2.25. The van der Waals surface area contributed by atoms with Gasteiger partial charge in [0.05, 0.1) is 21.2 Å². The first-order chi connectivity index (χ1) is 11.9. The molecule has 0 saturated heterocycles. The monoisotopic (exact) mass is 354 g/mol. The first kappa shape index (κ1) is 17.1. The highest BCUT2D eigenvalue weighted by Crippen LogP contribution is 2.22. The maximum Gasteiger partial charge on any atom is 0.258 e. The average Bonchev–Trinajstić information content (AvgIpc) is 2.61. The molecule has 0 saturated carbocycles. The number of pyridine rings is 1. The second kappa shape index (κ2) is 6.64. The van der Waals surface area contributed by atoms with Crippen LogP contribution in [0.4, 0.5) is 5.82 Å². The Morgan fingerprint density at radius 1 is 0.960 bits per heavy atom. The molecule has 0 atom stereocenters. The van der Waals surface area contributed by atoms with Crippen molar-refractivity contribution < 1.29 is 13.2 Å². The number of hydrogen-bond donors (Lipinski definition) is 1. The number of carbonyl (C=O) groups excluding carboxylic acids is 1. The van der Waals surface area contributed by atoms with Gasteiger partial charge in [0.25, 0.3) is 5.91 Å². The molecular formula is C19H18N2O3S. The number of carbonyl (C=O) groups is 1. The standard InChI is InChI=1S/C19H18N2O3S/c1-13(2)25(23,24)17-10-6-4-8-15(17)19(22)21-18-12-11-14-7-3-5-9-16(14)20-18/h3-13H,1-2H3,(H,20,21,22). The Kier molecular flexibility index (Phi) is 4.55. The summed E-state index contributed by atoms with van der Waals surface area (Å²) in [6, 6.07) is 17.3. The van der Waals surface area contributed by atoms with E-state index in [-0.39, 0.29) is 10.5 Å². The van der Waals surface area contributed by atoms with Crippen molar-refractivity contribution in [3.63, 3.8) is 0 Å². The third-order valence-electron chi connectivity index (χ3n) is 3.90. The number of anilines is 1. The van der Waals surface area contributed by atoms with E-state index in [0.717, 1.165) is 10.9 Å². The third-order valence-corrected chi connectivity index (χ3v) is 6.11. The number of sulfone groups is 1. The predicted octanol–water partition coefficient (Wildman–Crippen LogP) is 3.67. The molecule has 0 radical (unpaired) electrons. The molecule has 1 aromatic heterocycles. The van der Waals surface area contributed by atoms with Gasteiger partial charge in [0.1, 0.15) is 5.82 Å². The molecule has 0 aliphatic heterocycles. The van der Waals surface area contributed by atoms with Crippen molar-refractivity contribution in [3.05, 3.63) is 66.2 Å². The van der Waals surface area contributed by atoms with Crippen molar-refractivity contribution in [1.82, 2.24) is 4.98 Å². The SMILES string of the molecule is CC(C)S(=O)(=O)c1ccccc1C(=O)Nc1ccc2ccccc2n1.